The van der Waals surface area contributed by atoms with E-state index in [2.05, 4.69) is 10.2 Å². The molecule has 4 nitrogen and oxygen atoms in total. The Hall–Kier alpha value is -1.47. The van der Waals surface area contributed by atoms with Crippen LogP contribution in [0.2, 0.25) is 0 Å². The van der Waals surface area contributed by atoms with E-state index in [0.717, 1.165) is 6.07 Å². The third kappa shape index (κ3) is 2.93. The molecular formula is C12H14F2N4S. The molecule has 0 spiro atoms. The average Bonchev–Trinajstić information content (AvgIpc) is 2.82. The number of hydrogen-bond acceptors (Lipinski definition) is 4. The van der Waals surface area contributed by atoms with Gasteiger partial charge in [0.15, 0.2) is 16.8 Å². The SMILES string of the molecule is CCn1c(CN)nnc1SCc1cccc(F)c1F. The Bertz CT molecular complexity index is 571. The number of nitrogens with zero attached hydrogens (tertiary/aromatic N) is 3. The number of halogens is 2. The van der Waals surface area contributed by atoms with Gasteiger partial charge in [0.05, 0.1) is 6.54 Å². The lowest BCUT2D eigenvalue weighted by molar-refractivity contribution is 0.502. The van der Waals surface area contributed by atoms with Crippen molar-refractivity contribution in [1.82, 2.24) is 14.8 Å². The molecule has 0 unspecified atom stereocenters. The van der Waals surface area contributed by atoms with Crippen LogP contribution in [0.3, 0.4) is 0 Å². The maximum Gasteiger partial charge on any atom is 0.191 e. The number of benzene rings is 1. The monoisotopic (exact) mass is 284 g/mol. The molecule has 0 fully saturated rings. The third-order valence-electron chi connectivity index (χ3n) is 2.68. The Morgan fingerprint density at radius 3 is 2.79 bits per heavy atom. The van der Waals surface area contributed by atoms with Crippen LogP contribution in [0, 0.1) is 11.6 Å². The maximum absolute atomic E-state index is 13.5. The quantitative estimate of drug-likeness (QED) is 0.856. The molecule has 0 radical (unpaired) electrons. The van der Waals surface area contributed by atoms with Crippen LogP contribution in [-0.4, -0.2) is 14.8 Å². The minimum atomic E-state index is -0.835. The lowest BCUT2D eigenvalue weighted by Gasteiger charge is -2.06. The maximum atomic E-state index is 13.5. The molecule has 7 heteroatoms. The van der Waals surface area contributed by atoms with Crippen molar-refractivity contribution in [2.75, 3.05) is 0 Å². The first-order valence-electron chi connectivity index (χ1n) is 5.85. The fourth-order valence-electron chi connectivity index (χ4n) is 1.70. The second-order valence-corrected chi connectivity index (χ2v) is 4.79. The normalized spacial score (nSPS) is 10.9. The highest BCUT2D eigenvalue weighted by Gasteiger charge is 2.12. The van der Waals surface area contributed by atoms with Crippen molar-refractivity contribution in [2.24, 2.45) is 5.73 Å². The van der Waals surface area contributed by atoms with Gasteiger partial charge >= 0.3 is 0 Å². The van der Waals surface area contributed by atoms with E-state index in [9.17, 15) is 8.78 Å². The smallest absolute Gasteiger partial charge is 0.191 e. The van der Waals surface area contributed by atoms with Crippen LogP contribution in [0.1, 0.15) is 18.3 Å². The molecule has 0 aliphatic carbocycles. The standard InChI is InChI=1S/C12H14F2N4S/c1-2-18-10(6-15)16-17-12(18)19-7-8-4-3-5-9(13)11(8)14/h3-5H,2,6-7,15H2,1H3. The van der Waals surface area contributed by atoms with Crippen LogP contribution in [0.15, 0.2) is 23.4 Å². The Morgan fingerprint density at radius 1 is 1.32 bits per heavy atom. The summed E-state index contributed by atoms with van der Waals surface area (Å²) in [7, 11) is 0. The summed E-state index contributed by atoms with van der Waals surface area (Å²) in [5.41, 5.74) is 5.86. The van der Waals surface area contributed by atoms with Crippen molar-refractivity contribution in [2.45, 2.75) is 30.9 Å². The van der Waals surface area contributed by atoms with Crippen LogP contribution >= 0.6 is 11.8 Å². The number of hydrogen-bond donors (Lipinski definition) is 1. The van der Waals surface area contributed by atoms with Gasteiger partial charge in [-0.3, -0.25) is 0 Å². The first-order chi connectivity index (χ1) is 9.17. The summed E-state index contributed by atoms with van der Waals surface area (Å²) in [4.78, 5) is 0. The number of rotatable bonds is 5. The van der Waals surface area contributed by atoms with Crippen LogP contribution in [0.25, 0.3) is 0 Å². The fourth-order valence-corrected chi connectivity index (χ4v) is 2.69. The Labute approximate surface area is 114 Å². The van der Waals surface area contributed by atoms with E-state index in [0.29, 0.717) is 35.4 Å². The lowest BCUT2D eigenvalue weighted by atomic mass is 10.2. The van der Waals surface area contributed by atoms with Gasteiger partial charge in [0.2, 0.25) is 0 Å². The molecule has 2 rings (SSSR count). The van der Waals surface area contributed by atoms with Gasteiger partial charge < -0.3 is 10.3 Å². The molecule has 2 N–H and O–H groups in total. The summed E-state index contributed by atoms with van der Waals surface area (Å²) in [6.45, 7) is 2.94. The molecule has 0 amide bonds. The molecule has 0 saturated heterocycles. The zero-order valence-corrected chi connectivity index (χ0v) is 11.3. The van der Waals surface area contributed by atoms with E-state index < -0.39 is 11.6 Å². The van der Waals surface area contributed by atoms with Crippen molar-refractivity contribution < 1.29 is 8.78 Å². The van der Waals surface area contributed by atoms with E-state index in [1.807, 2.05) is 11.5 Å². The van der Waals surface area contributed by atoms with Gasteiger partial charge in [0, 0.05) is 17.9 Å². The van der Waals surface area contributed by atoms with E-state index in [4.69, 9.17) is 5.73 Å². The minimum Gasteiger partial charge on any atom is -0.324 e. The first-order valence-corrected chi connectivity index (χ1v) is 6.83. The van der Waals surface area contributed by atoms with Gasteiger partial charge in [-0.15, -0.1) is 10.2 Å². The highest BCUT2D eigenvalue weighted by atomic mass is 32.2. The summed E-state index contributed by atoms with van der Waals surface area (Å²) < 4.78 is 28.4. The molecule has 0 aliphatic rings. The molecule has 1 heterocycles. The van der Waals surface area contributed by atoms with Crippen molar-refractivity contribution in [3.63, 3.8) is 0 Å². The van der Waals surface area contributed by atoms with Gasteiger partial charge in [0.25, 0.3) is 0 Å². The van der Waals surface area contributed by atoms with Crippen molar-refractivity contribution >= 4 is 11.8 Å². The number of aromatic nitrogens is 3. The van der Waals surface area contributed by atoms with Gasteiger partial charge in [-0.05, 0) is 13.0 Å². The van der Waals surface area contributed by atoms with E-state index in [1.54, 1.807) is 6.07 Å². The van der Waals surface area contributed by atoms with E-state index in [1.165, 1.54) is 17.8 Å². The fraction of sp³-hybridized carbons (Fsp3) is 0.333. The second kappa shape index (κ2) is 6.12. The molecule has 19 heavy (non-hydrogen) atoms. The van der Waals surface area contributed by atoms with Gasteiger partial charge in [-0.25, -0.2) is 8.78 Å². The van der Waals surface area contributed by atoms with Gasteiger partial charge in [-0.1, -0.05) is 23.9 Å². The molecule has 0 aliphatic heterocycles. The molecular weight excluding hydrogens is 270 g/mol. The molecule has 1 aromatic heterocycles. The summed E-state index contributed by atoms with van der Waals surface area (Å²) in [6, 6.07) is 4.15. The van der Waals surface area contributed by atoms with E-state index >= 15 is 0 Å². The molecule has 0 saturated carbocycles. The first kappa shape index (κ1) is 14.0. The minimum absolute atomic E-state index is 0.298. The highest BCUT2D eigenvalue weighted by Crippen LogP contribution is 2.24. The van der Waals surface area contributed by atoms with Gasteiger partial charge in [0.1, 0.15) is 5.82 Å². The molecule has 0 atom stereocenters. The summed E-state index contributed by atoms with van der Waals surface area (Å²) in [5, 5.41) is 8.62. The van der Waals surface area contributed by atoms with Crippen molar-refractivity contribution in [3.8, 4) is 0 Å². The van der Waals surface area contributed by atoms with Crippen LogP contribution < -0.4 is 5.73 Å². The zero-order chi connectivity index (χ0) is 13.8. The van der Waals surface area contributed by atoms with Crippen LogP contribution in [0.4, 0.5) is 8.78 Å². The van der Waals surface area contributed by atoms with Gasteiger partial charge in [-0.2, -0.15) is 0 Å². The molecule has 102 valence electrons. The number of thioether (sulfide) groups is 1. The topological polar surface area (TPSA) is 56.7 Å². The average molecular weight is 284 g/mol. The predicted octanol–water partition coefficient (Wildman–Crippen LogP) is 2.33. The molecule has 0 bridgehead atoms. The van der Waals surface area contributed by atoms with Crippen LogP contribution in [0.5, 0.6) is 0 Å². The van der Waals surface area contributed by atoms with E-state index in [-0.39, 0.29) is 0 Å². The Kier molecular flexibility index (Phi) is 4.49. The molecule has 2 aromatic rings. The summed E-state index contributed by atoms with van der Waals surface area (Å²) in [5.74, 6) is -0.661. The summed E-state index contributed by atoms with van der Waals surface area (Å²) >= 11 is 1.31. The van der Waals surface area contributed by atoms with Crippen molar-refractivity contribution in [1.29, 1.82) is 0 Å². The largest absolute Gasteiger partial charge is 0.324 e. The Morgan fingerprint density at radius 2 is 2.11 bits per heavy atom. The third-order valence-corrected chi connectivity index (χ3v) is 3.70. The predicted molar refractivity (Wildman–Crippen MR) is 69.5 cm³/mol. The Balaban J connectivity index is 2.14. The second-order valence-electron chi connectivity index (χ2n) is 3.85. The highest BCUT2D eigenvalue weighted by molar-refractivity contribution is 7.98. The number of nitrogens with two attached hydrogens (primary N) is 1. The zero-order valence-electron chi connectivity index (χ0n) is 10.4. The lowest BCUT2D eigenvalue weighted by Crippen LogP contribution is -2.08. The molecule has 1 aromatic carbocycles. The van der Waals surface area contributed by atoms with Crippen LogP contribution in [-0.2, 0) is 18.8 Å². The summed E-state index contributed by atoms with van der Waals surface area (Å²) in [6.07, 6.45) is 0. The van der Waals surface area contributed by atoms with Crippen molar-refractivity contribution in [3.05, 3.63) is 41.2 Å².